The Hall–Kier alpha value is -3.49. The van der Waals surface area contributed by atoms with Crippen molar-refractivity contribution in [2.45, 2.75) is 6.42 Å². The number of benzene rings is 1. The lowest BCUT2D eigenvalue weighted by molar-refractivity contribution is -0.146. The van der Waals surface area contributed by atoms with Gasteiger partial charge in [0.1, 0.15) is 0 Å². The van der Waals surface area contributed by atoms with Crippen LogP contribution >= 0.6 is 0 Å². The van der Waals surface area contributed by atoms with Crippen molar-refractivity contribution in [3.63, 3.8) is 0 Å². The average Bonchev–Trinajstić information content (AvgIpc) is 3.33. The number of hydrogen-bond donors (Lipinski definition) is 1. The molecule has 3 rings (SSSR count). The number of amides is 3. The Morgan fingerprint density at radius 2 is 1.70 bits per heavy atom. The molecule has 1 aliphatic rings. The van der Waals surface area contributed by atoms with E-state index in [9.17, 15) is 14.4 Å². The normalized spacial score (nSPS) is 13.7. The van der Waals surface area contributed by atoms with Crippen LogP contribution in [0.15, 0.2) is 41.0 Å². The van der Waals surface area contributed by atoms with E-state index in [2.05, 4.69) is 5.32 Å². The Kier molecular flexibility index (Phi) is 6.95. The zero-order chi connectivity index (χ0) is 21.5. The minimum absolute atomic E-state index is 0.216. The lowest BCUT2D eigenvalue weighted by atomic mass is 10.1. The van der Waals surface area contributed by atoms with Crippen LogP contribution in [-0.2, 0) is 16.0 Å². The molecule has 9 nitrogen and oxygen atoms in total. The highest BCUT2D eigenvalue weighted by Gasteiger charge is 2.28. The van der Waals surface area contributed by atoms with Crippen molar-refractivity contribution in [2.24, 2.45) is 0 Å². The summed E-state index contributed by atoms with van der Waals surface area (Å²) in [5, 5.41) is 2.65. The smallest absolute Gasteiger partial charge is 0.312 e. The molecule has 1 aliphatic heterocycles. The van der Waals surface area contributed by atoms with Gasteiger partial charge in [-0.2, -0.15) is 0 Å². The molecule has 160 valence electrons. The van der Waals surface area contributed by atoms with Crippen molar-refractivity contribution in [2.75, 3.05) is 46.9 Å². The second-order valence-electron chi connectivity index (χ2n) is 6.76. The summed E-state index contributed by atoms with van der Waals surface area (Å²) in [5.41, 5.74) is 0.949. The van der Waals surface area contributed by atoms with Gasteiger partial charge in [-0.15, -0.1) is 0 Å². The van der Waals surface area contributed by atoms with Crippen molar-refractivity contribution in [1.29, 1.82) is 0 Å². The number of furan rings is 1. The SMILES string of the molecule is COc1ccc(CCNC(=O)C(=O)N2CCN(C(=O)c3ccco3)CC2)cc1OC. The Morgan fingerprint density at radius 1 is 1.00 bits per heavy atom. The molecule has 0 atom stereocenters. The quantitative estimate of drug-likeness (QED) is 0.705. The summed E-state index contributed by atoms with van der Waals surface area (Å²) in [7, 11) is 3.13. The van der Waals surface area contributed by atoms with Gasteiger partial charge in [-0.3, -0.25) is 14.4 Å². The van der Waals surface area contributed by atoms with E-state index in [1.165, 1.54) is 11.2 Å². The lowest BCUT2D eigenvalue weighted by Crippen LogP contribution is -2.53. The monoisotopic (exact) mass is 415 g/mol. The van der Waals surface area contributed by atoms with Gasteiger partial charge >= 0.3 is 11.8 Å². The zero-order valence-corrected chi connectivity index (χ0v) is 17.1. The second-order valence-corrected chi connectivity index (χ2v) is 6.76. The molecule has 0 spiro atoms. The van der Waals surface area contributed by atoms with E-state index in [1.54, 1.807) is 37.3 Å². The molecular weight excluding hydrogens is 390 g/mol. The van der Waals surface area contributed by atoms with Crippen LogP contribution in [0.1, 0.15) is 16.1 Å². The molecule has 0 unspecified atom stereocenters. The molecule has 3 amide bonds. The van der Waals surface area contributed by atoms with Crippen molar-refractivity contribution in [3.8, 4) is 11.5 Å². The maximum atomic E-state index is 12.4. The summed E-state index contributed by atoms with van der Waals surface area (Å²) in [6, 6.07) is 8.77. The molecule has 0 radical (unpaired) electrons. The number of ether oxygens (including phenoxy) is 2. The molecule has 2 aromatic rings. The first-order valence-corrected chi connectivity index (χ1v) is 9.64. The predicted octanol–water partition coefficient (Wildman–Crippen LogP) is 0.940. The molecule has 30 heavy (non-hydrogen) atoms. The number of carbonyl (C=O) groups is 3. The maximum Gasteiger partial charge on any atom is 0.312 e. The molecular formula is C21H25N3O6. The van der Waals surface area contributed by atoms with Gasteiger partial charge < -0.3 is 29.0 Å². The van der Waals surface area contributed by atoms with E-state index in [-0.39, 0.29) is 11.7 Å². The number of methoxy groups -OCH3 is 2. The predicted molar refractivity (Wildman–Crippen MR) is 107 cm³/mol. The van der Waals surface area contributed by atoms with Crippen molar-refractivity contribution in [3.05, 3.63) is 47.9 Å². The summed E-state index contributed by atoms with van der Waals surface area (Å²) >= 11 is 0. The topological polar surface area (TPSA) is 101 Å². The third kappa shape index (κ3) is 4.91. The fourth-order valence-corrected chi connectivity index (χ4v) is 3.24. The van der Waals surface area contributed by atoms with Gasteiger partial charge in [-0.1, -0.05) is 6.07 Å². The Labute approximate surface area is 174 Å². The third-order valence-corrected chi connectivity index (χ3v) is 4.93. The fourth-order valence-electron chi connectivity index (χ4n) is 3.24. The van der Waals surface area contributed by atoms with Crippen LogP contribution in [0.3, 0.4) is 0 Å². The molecule has 9 heteroatoms. The van der Waals surface area contributed by atoms with E-state index in [0.29, 0.717) is 50.6 Å². The van der Waals surface area contributed by atoms with Crippen molar-refractivity contribution in [1.82, 2.24) is 15.1 Å². The highest BCUT2D eigenvalue weighted by molar-refractivity contribution is 6.35. The van der Waals surface area contributed by atoms with Gasteiger partial charge in [-0.05, 0) is 36.2 Å². The summed E-state index contributed by atoms with van der Waals surface area (Å²) in [6.45, 7) is 1.62. The minimum atomic E-state index is -0.652. The second kappa shape index (κ2) is 9.82. The molecule has 1 aromatic carbocycles. The number of nitrogens with zero attached hydrogens (tertiary/aromatic N) is 2. The highest BCUT2D eigenvalue weighted by Crippen LogP contribution is 2.27. The molecule has 2 heterocycles. The summed E-state index contributed by atoms with van der Waals surface area (Å²) in [4.78, 5) is 39.9. The Balaban J connectivity index is 1.44. The number of piperazine rings is 1. The molecule has 0 bridgehead atoms. The molecule has 0 aliphatic carbocycles. The van der Waals surface area contributed by atoms with Crippen LogP contribution in [0.5, 0.6) is 11.5 Å². The van der Waals surface area contributed by atoms with E-state index < -0.39 is 11.8 Å². The van der Waals surface area contributed by atoms with E-state index in [1.807, 2.05) is 12.1 Å². The number of carbonyl (C=O) groups excluding carboxylic acids is 3. The van der Waals surface area contributed by atoms with Crippen LogP contribution in [0.25, 0.3) is 0 Å². The molecule has 1 N–H and O–H groups in total. The lowest BCUT2D eigenvalue weighted by Gasteiger charge is -2.33. The van der Waals surface area contributed by atoms with Gasteiger partial charge in [-0.25, -0.2) is 0 Å². The van der Waals surface area contributed by atoms with Gasteiger partial charge in [0.2, 0.25) is 0 Å². The van der Waals surface area contributed by atoms with Crippen LogP contribution in [0.4, 0.5) is 0 Å². The van der Waals surface area contributed by atoms with Crippen LogP contribution in [-0.4, -0.2) is 74.5 Å². The van der Waals surface area contributed by atoms with Crippen molar-refractivity contribution >= 4 is 17.7 Å². The summed E-state index contributed by atoms with van der Waals surface area (Å²) in [5.74, 6) is 0.0485. The van der Waals surface area contributed by atoms with E-state index in [0.717, 1.165) is 5.56 Å². The summed E-state index contributed by atoms with van der Waals surface area (Å²) in [6.07, 6.45) is 1.99. The van der Waals surface area contributed by atoms with Gasteiger partial charge in [0.05, 0.1) is 20.5 Å². The highest BCUT2D eigenvalue weighted by atomic mass is 16.5. The number of nitrogens with one attached hydrogen (secondary N) is 1. The van der Waals surface area contributed by atoms with E-state index in [4.69, 9.17) is 13.9 Å². The molecule has 1 fully saturated rings. The largest absolute Gasteiger partial charge is 0.493 e. The first kappa shape index (κ1) is 21.2. The zero-order valence-electron chi connectivity index (χ0n) is 17.1. The summed E-state index contributed by atoms with van der Waals surface area (Å²) < 4.78 is 15.6. The third-order valence-electron chi connectivity index (χ3n) is 4.93. The number of rotatable bonds is 6. The van der Waals surface area contributed by atoms with Gasteiger partial charge in [0.25, 0.3) is 5.91 Å². The average molecular weight is 415 g/mol. The van der Waals surface area contributed by atoms with Crippen molar-refractivity contribution < 1.29 is 28.3 Å². The first-order chi connectivity index (χ1) is 14.5. The molecule has 1 aromatic heterocycles. The standard InChI is InChI=1S/C21H25N3O6/c1-28-16-6-5-15(14-18(16)29-2)7-8-22-19(25)21(27)24-11-9-23(10-12-24)20(26)17-4-3-13-30-17/h3-6,13-14H,7-12H2,1-2H3,(H,22,25). The van der Waals surface area contributed by atoms with Crippen LogP contribution < -0.4 is 14.8 Å². The maximum absolute atomic E-state index is 12.4. The number of hydrogen-bond acceptors (Lipinski definition) is 6. The van der Waals surface area contributed by atoms with Crippen LogP contribution in [0, 0.1) is 0 Å². The Morgan fingerprint density at radius 3 is 2.33 bits per heavy atom. The first-order valence-electron chi connectivity index (χ1n) is 9.64. The van der Waals surface area contributed by atoms with Crippen LogP contribution in [0.2, 0.25) is 0 Å². The minimum Gasteiger partial charge on any atom is -0.493 e. The Bertz CT molecular complexity index is 888. The molecule has 1 saturated heterocycles. The fraction of sp³-hybridized carbons (Fsp3) is 0.381. The van der Waals surface area contributed by atoms with Gasteiger partial charge in [0, 0.05) is 32.7 Å². The molecule has 0 saturated carbocycles. The van der Waals surface area contributed by atoms with E-state index >= 15 is 0 Å². The van der Waals surface area contributed by atoms with Gasteiger partial charge in [0.15, 0.2) is 17.3 Å².